The van der Waals surface area contributed by atoms with Crippen molar-refractivity contribution in [1.29, 1.82) is 0 Å². The third-order valence-corrected chi connectivity index (χ3v) is 4.54. The Hall–Kier alpha value is -1.01. The third-order valence-electron chi connectivity index (χ3n) is 3.96. The number of aromatic nitrogens is 2. The maximum absolute atomic E-state index is 12.3. The van der Waals surface area contributed by atoms with E-state index in [1.54, 1.807) is 6.20 Å². The standard InChI is InChI=1S/C14H19BrN4O/c1-19-5-4-9(8-19)6-17-14(20)12-11(15)7-16-13(18-12)10-2-3-10/h7,9-10H,2-6,8H2,1H3,(H,17,20)/t9-/m1/s1. The Morgan fingerprint density at radius 3 is 2.95 bits per heavy atom. The van der Waals surface area contributed by atoms with Crippen LogP contribution in [0.5, 0.6) is 0 Å². The molecule has 20 heavy (non-hydrogen) atoms. The number of halogens is 1. The van der Waals surface area contributed by atoms with Gasteiger partial charge in [0.25, 0.3) is 5.91 Å². The van der Waals surface area contributed by atoms with Crippen LogP contribution in [0.4, 0.5) is 0 Å². The van der Waals surface area contributed by atoms with Crippen LogP contribution >= 0.6 is 15.9 Å². The van der Waals surface area contributed by atoms with Crippen molar-refractivity contribution in [2.45, 2.75) is 25.2 Å². The van der Waals surface area contributed by atoms with Gasteiger partial charge in [0, 0.05) is 25.2 Å². The van der Waals surface area contributed by atoms with E-state index >= 15 is 0 Å². The molecule has 2 heterocycles. The van der Waals surface area contributed by atoms with Gasteiger partial charge >= 0.3 is 0 Å². The molecule has 1 aromatic rings. The first kappa shape index (κ1) is 13.9. The predicted octanol–water partition coefficient (Wildman–Crippen LogP) is 1.80. The highest BCUT2D eigenvalue weighted by Crippen LogP contribution is 2.38. The fourth-order valence-electron chi connectivity index (χ4n) is 2.59. The number of nitrogens with zero attached hydrogens (tertiary/aromatic N) is 3. The smallest absolute Gasteiger partial charge is 0.271 e. The zero-order valence-corrected chi connectivity index (χ0v) is 13.2. The van der Waals surface area contributed by atoms with Gasteiger partial charge in [-0.1, -0.05) is 0 Å². The summed E-state index contributed by atoms with van der Waals surface area (Å²) in [7, 11) is 2.12. The Morgan fingerprint density at radius 2 is 2.30 bits per heavy atom. The van der Waals surface area contributed by atoms with Crippen LogP contribution in [0.3, 0.4) is 0 Å². The number of nitrogens with one attached hydrogen (secondary N) is 1. The number of carbonyl (C=O) groups excluding carboxylic acids is 1. The first-order valence-corrected chi connectivity index (χ1v) is 7.92. The minimum atomic E-state index is -0.101. The molecule has 6 heteroatoms. The molecule has 1 saturated carbocycles. The van der Waals surface area contributed by atoms with Crippen LogP contribution in [0.25, 0.3) is 0 Å². The van der Waals surface area contributed by atoms with Crippen LogP contribution in [0, 0.1) is 5.92 Å². The van der Waals surface area contributed by atoms with E-state index in [2.05, 4.69) is 43.2 Å². The van der Waals surface area contributed by atoms with Crippen molar-refractivity contribution in [2.24, 2.45) is 5.92 Å². The lowest BCUT2D eigenvalue weighted by molar-refractivity contribution is 0.0941. The minimum absolute atomic E-state index is 0.101. The predicted molar refractivity (Wildman–Crippen MR) is 79.6 cm³/mol. The number of rotatable bonds is 4. The van der Waals surface area contributed by atoms with Gasteiger partial charge in [-0.05, 0) is 54.7 Å². The second-order valence-corrected chi connectivity index (χ2v) is 6.68. The summed E-state index contributed by atoms with van der Waals surface area (Å²) in [4.78, 5) is 23.2. The van der Waals surface area contributed by atoms with Crippen LogP contribution in [-0.2, 0) is 0 Å². The molecule has 0 unspecified atom stereocenters. The monoisotopic (exact) mass is 338 g/mol. The summed E-state index contributed by atoms with van der Waals surface area (Å²) >= 11 is 3.37. The zero-order chi connectivity index (χ0) is 14.1. The summed E-state index contributed by atoms with van der Waals surface area (Å²) < 4.78 is 0.669. The normalized spacial score (nSPS) is 23.0. The average Bonchev–Trinajstić information content (AvgIpc) is 3.20. The summed E-state index contributed by atoms with van der Waals surface area (Å²) in [6.07, 6.45) is 5.11. The highest BCUT2D eigenvalue weighted by Gasteiger charge is 2.28. The maximum atomic E-state index is 12.3. The van der Waals surface area contributed by atoms with Crippen molar-refractivity contribution in [3.05, 3.63) is 22.2 Å². The van der Waals surface area contributed by atoms with E-state index in [0.717, 1.165) is 44.7 Å². The van der Waals surface area contributed by atoms with Crippen LogP contribution in [0.2, 0.25) is 0 Å². The van der Waals surface area contributed by atoms with E-state index in [9.17, 15) is 4.79 Å². The summed E-state index contributed by atoms with van der Waals surface area (Å²) in [5.41, 5.74) is 0.466. The molecule has 0 aromatic carbocycles. The second kappa shape index (κ2) is 5.77. The van der Waals surface area contributed by atoms with Gasteiger partial charge in [0.05, 0.1) is 4.47 Å². The van der Waals surface area contributed by atoms with Gasteiger partial charge in [-0.15, -0.1) is 0 Å². The van der Waals surface area contributed by atoms with E-state index in [-0.39, 0.29) is 5.91 Å². The highest BCUT2D eigenvalue weighted by atomic mass is 79.9. The van der Waals surface area contributed by atoms with Gasteiger partial charge in [-0.25, -0.2) is 9.97 Å². The Balaban J connectivity index is 1.62. The Morgan fingerprint density at radius 1 is 1.50 bits per heavy atom. The number of likely N-dealkylation sites (tertiary alicyclic amines) is 1. The fourth-order valence-corrected chi connectivity index (χ4v) is 2.96. The summed E-state index contributed by atoms with van der Waals surface area (Å²) in [6, 6.07) is 0. The number of hydrogen-bond donors (Lipinski definition) is 1. The molecule has 0 radical (unpaired) electrons. The molecule has 1 saturated heterocycles. The van der Waals surface area contributed by atoms with Gasteiger partial charge in [0.15, 0.2) is 0 Å². The number of carbonyl (C=O) groups is 1. The Kier molecular flexibility index (Phi) is 4.03. The molecule has 1 N–H and O–H groups in total. The molecular weight excluding hydrogens is 320 g/mol. The SMILES string of the molecule is CN1CC[C@H](CNC(=O)c2nc(C3CC3)ncc2Br)C1. The minimum Gasteiger partial charge on any atom is -0.350 e. The summed E-state index contributed by atoms with van der Waals surface area (Å²) in [5.74, 6) is 1.71. The van der Waals surface area contributed by atoms with Crippen molar-refractivity contribution in [2.75, 3.05) is 26.7 Å². The van der Waals surface area contributed by atoms with E-state index in [1.807, 2.05) is 0 Å². The number of amides is 1. The van der Waals surface area contributed by atoms with Crippen molar-refractivity contribution in [3.63, 3.8) is 0 Å². The van der Waals surface area contributed by atoms with E-state index < -0.39 is 0 Å². The van der Waals surface area contributed by atoms with Gasteiger partial charge < -0.3 is 10.2 Å². The Bertz CT molecular complexity index is 518. The van der Waals surface area contributed by atoms with Crippen molar-refractivity contribution in [3.8, 4) is 0 Å². The van der Waals surface area contributed by atoms with Crippen LogP contribution in [-0.4, -0.2) is 47.5 Å². The topological polar surface area (TPSA) is 58.1 Å². The molecule has 1 atom stereocenters. The Labute approximate surface area is 127 Å². The molecule has 0 spiro atoms. The largest absolute Gasteiger partial charge is 0.350 e. The first-order chi connectivity index (χ1) is 9.63. The first-order valence-electron chi connectivity index (χ1n) is 7.12. The molecule has 1 aliphatic heterocycles. The fraction of sp³-hybridized carbons (Fsp3) is 0.643. The van der Waals surface area contributed by atoms with Gasteiger partial charge in [0.1, 0.15) is 11.5 Å². The molecule has 3 rings (SSSR count). The van der Waals surface area contributed by atoms with Gasteiger partial charge in [0.2, 0.25) is 0 Å². The third kappa shape index (κ3) is 3.17. The molecule has 0 bridgehead atoms. The van der Waals surface area contributed by atoms with Crippen molar-refractivity contribution in [1.82, 2.24) is 20.2 Å². The van der Waals surface area contributed by atoms with Gasteiger partial charge in [-0.3, -0.25) is 4.79 Å². The highest BCUT2D eigenvalue weighted by molar-refractivity contribution is 9.10. The molecule has 1 aromatic heterocycles. The van der Waals surface area contributed by atoms with Crippen LogP contribution < -0.4 is 5.32 Å². The van der Waals surface area contributed by atoms with Crippen LogP contribution in [0.15, 0.2) is 10.7 Å². The molecule has 1 aliphatic carbocycles. The summed E-state index contributed by atoms with van der Waals surface area (Å²) in [5, 5.41) is 3.00. The maximum Gasteiger partial charge on any atom is 0.271 e. The molecule has 2 fully saturated rings. The molecular formula is C14H19BrN4O. The molecule has 108 valence electrons. The van der Waals surface area contributed by atoms with Crippen LogP contribution in [0.1, 0.15) is 41.5 Å². The lowest BCUT2D eigenvalue weighted by atomic mass is 10.1. The molecule has 2 aliphatic rings. The van der Waals surface area contributed by atoms with Gasteiger partial charge in [-0.2, -0.15) is 0 Å². The molecule has 5 nitrogen and oxygen atoms in total. The summed E-state index contributed by atoms with van der Waals surface area (Å²) in [6.45, 7) is 2.89. The quantitative estimate of drug-likeness (QED) is 0.909. The van der Waals surface area contributed by atoms with Crippen molar-refractivity contribution >= 4 is 21.8 Å². The number of hydrogen-bond acceptors (Lipinski definition) is 4. The lowest BCUT2D eigenvalue weighted by Gasteiger charge is -2.12. The zero-order valence-electron chi connectivity index (χ0n) is 11.6. The molecule has 1 amide bonds. The van der Waals surface area contributed by atoms with E-state index in [4.69, 9.17) is 0 Å². The second-order valence-electron chi connectivity index (χ2n) is 5.83. The lowest BCUT2D eigenvalue weighted by Crippen LogP contribution is -2.31. The average molecular weight is 339 g/mol. The van der Waals surface area contributed by atoms with Crippen molar-refractivity contribution < 1.29 is 4.79 Å². The van der Waals surface area contributed by atoms with E-state index in [0.29, 0.717) is 22.0 Å². The van der Waals surface area contributed by atoms with E-state index in [1.165, 1.54) is 0 Å².